The van der Waals surface area contributed by atoms with Crippen molar-refractivity contribution in [1.29, 1.82) is 0 Å². The zero-order valence-electron chi connectivity index (χ0n) is 7.25. The second-order valence-corrected chi connectivity index (χ2v) is 2.87. The maximum absolute atomic E-state index is 12.6. The monoisotopic (exact) mass is 211 g/mol. The summed E-state index contributed by atoms with van der Waals surface area (Å²) in [5, 5.41) is 5.39. The van der Waals surface area contributed by atoms with Gasteiger partial charge in [-0.3, -0.25) is 4.79 Å². The fourth-order valence-electron chi connectivity index (χ4n) is 1.21. The van der Waals surface area contributed by atoms with E-state index in [1.165, 1.54) is 0 Å². The minimum atomic E-state index is -0.890. The molecule has 1 fully saturated rings. The van der Waals surface area contributed by atoms with Gasteiger partial charge in [-0.1, -0.05) is 0 Å². The van der Waals surface area contributed by atoms with Crippen LogP contribution in [0.2, 0.25) is 0 Å². The summed E-state index contributed by atoms with van der Waals surface area (Å²) in [5.74, 6) is -0.152. The predicted octanol–water partition coefficient (Wildman–Crippen LogP) is -0.817. The van der Waals surface area contributed by atoms with E-state index >= 15 is 0 Å². The van der Waals surface area contributed by atoms with Crippen molar-refractivity contribution >= 4 is 18.3 Å². The van der Waals surface area contributed by atoms with E-state index < -0.39 is 6.17 Å². The van der Waals surface area contributed by atoms with Crippen molar-refractivity contribution in [3.05, 3.63) is 0 Å². The van der Waals surface area contributed by atoms with Crippen LogP contribution in [-0.2, 0) is 4.79 Å². The summed E-state index contributed by atoms with van der Waals surface area (Å²) in [4.78, 5) is 11.2. The van der Waals surface area contributed by atoms with E-state index in [0.29, 0.717) is 13.1 Å². The van der Waals surface area contributed by atoms with E-state index in [-0.39, 0.29) is 37.3 Å². The van der Waals surface area contributed by atoms with Gasteiger partial charge in [-0.2, -0.15) is 0 Å². The highest BCUT2D eigenvalue weighted by atomic mass is 35.5. The number of carbonyl (C=O) groups excluding carboxylic acids is 1. The van der Waals surface area contributed by atoms with Crippen LogP contribution in [0.1, 0.15) is 6.42 Å². The lowest BCUT2D eigenvalue weighted by atomic mass is 10.2. The summed E-state index contributed by atoms with van der Waals surface area (Å²) in [7, 11) is 0. The summed E-state index contributed by atoms with van der Waals surface area (Å²) in [6, 6.07) is -0.369. The summed E-state index contributed by atoms with van der Waals surface area (Å²) in [6.07, 6.45) is -0.616. The standard InChI is InChI=1S/C7H14FN3O.ClH/c8-5-3-6(11-4-5)7(12)10-2-1-9;/h5-6,11H,1-4,9H2,(H,10,12);1H/t5-,6+;/m0./s1. The van der Waals surface area contributed by atoms with Crippen LogP contribution in [0.15, 0.2) is 0 Å². The van der Waals surface area contributed by atoms with E-state index in [0.717, 1.165) is 0 Å². The van der Waals surface area contributed by atoms with Crippen molar-refractivity contribution in [3.8, 4) is 0 Å². The van der Waals surface area contributed by atoms with E-state index in [2.05, 4.69) is 10.6 Å². The Morgan fingerprint density at radius 1 is 1.69 bits per heavy atom. The molecule has 1 rings (SSSR count). The van der Waals surface area contributed by atoms with Crippen molar-refractivity contribution in [2.45, 2.75) is 18.6 Å². The first kappa shape index (κ1) is 12.6. The Bertz CT molecular complexity index is 170. The first-order chi connectivity index (χ1) is 5.74. The third kappa shape index (κ3) is 3.89. The van der Waals surface area contributed by atoms with Gasteiger partial charge in [0.25, 0.3) is 0 Å². The molecule has 0 bridgehead atoms. The topological polar surface area (TPSA) is 67.1 Å². The molecule has 13 heavy (non-hydrogen) atoms. The second-order valence-electron chi connectivity index (χ2n) is 2.87. The maximum atomic E-state index is 12.6. The van der Waals surface area contributed by atoms with Crippen molar-refractivity contribution in [2.24, 2.45) is 5.73 Å². The van der Waals surface area contributed by atoms with Gasteiger partial charge < -0.3 is 16.4 Å². The highest BCUT2D eigenvalue weighted by molar-refractivity contribution is 5.85. The Hall–Kier alpha value is -0.390. The highest BCUT2D eigenvalue weighted by Crippen LogP contribution is 2.09. The van der Waals surface area contributed by atoms with Gasteiger partial charge in [0.15, 0.2) is 0 Å². The molecule has 2 atom stereocenters. The normalized spacial score (nSPS) is 26.6. The van der Waals surface area contributed by atoms with Crippen LogP contribution in [0.4, 0.5) is 4.39 Å². The van der Waals surface area contributed by atoms with Crippen molar-refractivity contribution < 1.29 is 9.18 Å². The quantitative estimate of drug-likeness (QED) is 0.572. The third-order valence-corrected chi connectivity index (χ3v) is 1.84. The molecule has 1 amide bonds. The lowest BCUT2D eigenvalue weighted by Crippen LogP contribution is -2.42. The molecular formula is C7H15ClFN3O. The lowest BCUT2D eigenvalue weighted by molar-refractivity contribution is -0.122. The largest absolute Gasteiger partial charge is 0.353 e. The number of rotatable bonds is 3. The molecule has 4 N–H and O–H groups in total. The number of nitrogens with two attached hydrogens (primary N) is 1. The minimum absolute atomic E-state index is 0. The number of alkyl halides is 1. The molecule has 1 aliphatic heterocycles. The number of halogens is 2. The Balaban J connectivity index is 0.00000144. The van der Waals surface area contributed by atoms with Crippen molar-refractivity contribution in [2.75, 3.05) is 19.6 Å². The van der Waals surface area contributed by atoms with Crippen LogP contribution in [0.25, 0.3) is 0 Å². The Morgan fingerprint density at radius 3 is 2.85 bits per heavy atom. The van der Waals surface area contributed by atoms with Crippen molar-refractivity contribution in [3.63, 3.8) is 0 Å². The molecule has 0 unspecified atom stereocenters. The highest BCUT2D eigenvalue weighted by Gasteiger charge is 2.28. The molecule has 0 saturated carbocycles. The summed E-state index contributed by atoms with van der Waals surface area (Å²) in [5.41, 5.74) is 5.19. The third-order valence-electron chi connectivity index (χ3n) is 1.84. The zero-order valence-corrected chi connectivity index (χ0v) is 8.07. The summed E-state index contributed by atoms with van der Waals surface area (Å²) >= 11 is 0. The SMILES string of the molecule is Cl.NCCNC(=O)[C@H]1C[C@H](F)CN1. The fourth-order valence-corrected chi connectivity index (χ4v) is 1.21. The zero-order chi connectivity index (χ0) is 8.97. The molecule has 0 aromatic carbocycles. The van der Waals surface area contributed by atoms with Crippen LogP contribution in [0.5, 0.6) is 0 Å². The fraction of sp³-hybridized carbons (Fsp3) is 0.857. The lowest BCUT2D eigenvalue weighted by Gasteiger charge is -2.09. The Morgan fingerprint density at radius 2 is 2.38 bits per heavy atom. The smallest absolute Gasteiger partial charge is 0.237 e. The average molecular weight is 212 g/mol. The molecule has 78 valence electrons. The number of carbonyl (C=O) groups is 1. The molecule has 0 spiro atoms. The molecule has 1 saturated heterocycles. The molecule has 4 nitrogen and oxygen atoms in total. The number of hydrogen-bond acceptors (Lipinski definition) is 3. The molecule has 0 aliphatic carbocycles. The van der Waals surface area contributed by atoms with E-state index in [1.54, 1.807) is 0 Å². The van der Waals surface area contributed by atoms with Crippen molar-refractivity contribution in [1.82, 2.24) is 10.6 Å². The Labute approximate surface area is 82.8 Å². The van der Waals surface area contributed by atoms with Gasteiger partial charge >= 0.3 is 0 Å². The van der Waals surface area contributed by atoms with Gasteiger partial charge in [0.2, 0.25) is 5.91 Å². The van der Waals surface area contributed by atoms with E-state index in [9.17, 15) is 9.18 Å². The van der Waals surface area contributed by atoms with Crippen LogP contribution in [-0.4, -0.2) is 37.8 Å². The maximum Gasteiger partial charge on any atom is 0.237 e. The predicted molar refractivity (Wildman–Crippen MR) is 50.6 cm³/mol. The van der Waals surface area contributed by atoms with Gasteiger partial charge in [-0.25, -0.2) is 4.39 Å². The number of amides is 1. The van der Waals surface area contributed by atoms with Gasteiger partial charge in [-0.15, -0.1) is 12.4 Å². The number of nitrogens with one attached hydrogen (secondary N) is 2. The molecule has 0 aromatic rings. The van der Waals surface area contributed by atoms with Crippen LogP contribution in [0, 0.1) is 0 Å². The van der Waals surface area contributed by atoms with Gasteiger partial charge in [0, 0.05) is 26.1 Å². The minimum Gasteiger partial charge on any atom is -0.353 e. The summed E-state index contributed by atoms with van der Waals surface area (Å²) < 4.78 is 12.6. The number of hydrogen-bond donors (Lipinski definition) is 3. The molecule has 0 radical (unpaired) electrons. The van der Waals surface area contributed by atoms with Gasteiger partial charge in [-0.05, 0) is 0 Å². The molecular weight excluding hydrogens is 197 g/mol. The molecule has 6 heteroatoms. The Kier molecular flexibility index (Phi) is 5.94. The van der Waals surface area contributed by atoms with Gasteiger partial charge in [0.1, 0.15) is 6.17 Å². The first-order valence-electron chi connectivity index (χ1n) is 4.09. The van der Waals surface area contributed by atoms with E-state index in [1.807, 2.05) is 0 Å². The average Bonchev–Trinajstić information content (AvgIpc) is 2.47. The summed E-state index contributed by atoms with van der Waals surface area (Å²) in [6.45, 7) is 1.15. The molecule has 0 aromatic heterocycles. The van der Waals surface area contributed by atoms with Crippen LogP contribution >= 0.6 is 12.4 Å². The molecule has 1 heterocycles. The van der Waals surface area contributed by atoms with Crippen LogP contribution in [0.3, 0.4) is 0 Å². The first-order valence-corrected chi connectivity index (χ1v) is 4.09. The second kappa shape index (κ2) is 6.12. The van der Waals surface area contributed by atoms with Gasteiger partial charge in [0.05, 0.1) is 6.04 Å². The van der Waals surface area contributed by atoms with Crippen LogP contribution < -0.4 is 16.4 Å². The van der Waals surface area contributed by atoms with E-state index in [4.69, 9.17) is 5.73 Å². The molecule has 1 aliphatic rings.